The number of ether oxygens (including phenoxy) is 1. The monoisotopic (exact) mass is 538 g/mol. The molecule has 0 aliphatic carbocycles. The van der Waals surface area contributed by atoms with Crippen molar-refractivity contribution in [2.45, 2.75) is 18.0 Å². The standard InChI is InChI=1S/C28H24ClFN2O4S/c29-23-5-4-6-25(17-23)32(37(34,35)27-7-2-1-3-8-27)19-28(33)31-18-21-11-15-26(16-12-21)36-20-22-9-13-24(30)14-10-22/h1-17H,18-20H2,(H,31,33). The predicted molar refractivity (Wildman–Crippen MR) is 141 cm³/mol. The third kappa shape index (κ3) is 7.09. The van der Waals surface area contributed by atoms with E-state index in [-0.39, 0.29) is 22.9 Å². The van der Waals surface area contributed by atoms with E-state index in [0.29, 0.717) is 17.4 Å². The Kier molecular flexibility index (Phi) is 8.43. The van der Waals surface area contributed by atoms with Gasteiger partial charge in [-0.2, -0.15) is 0 Å². The first-order valence-electron chi connectivity index (χ1n) is 11.4. The van der Waals surface area contributed by atoms with Crippen LogP contribution in [0.4, 0.5) is 10.1 Å². The number of hydrogen-bond donors (Lipinski definition) is 1. The molecular weight excluding hydrogens is 515 g/mol. The molecule has 190 valence electrons. The van der Waals surface area contributed by atoms with E-state index in [1.54, 1.807) is 72.8 Å². The molecule has 1 N–H and O–H groups in total. The Morgan fingerprint density at radius 3 is 2.22 bits per heavy atom. The van der Waals surface area contributed by atoms with Gasteiger partial charge in [-0.25, -0.2) is 12.8 Å². The fourth-order valence-electron chi connectivity index (χ4n) is 3.50. The molecule has 9 heteroatoms. The van der Waals surface area contributed by atoms with Gasteiger partial charge in [-0.05, 0) is 65.7 Å². The molecule has 0 atom stereocenters. The van der Waals surface area contributed by atoms with Gasteiger partial charge in [0.1, 0.15) is 24.7 Å². The maximum absolute atomic E-state index is 13.3. The Balaban J connectivity index is 1.39. The third-order valence-corrected chi connectivity index (χ3v) is 7.47. The molecule has 4 aromatic rings. The second-order valence-electron chi connectivity index (χ2n) is 8.14. The van der Waals surface area contributed by atoms with Crippen molar-refractivity contribution in [3.63, 3.8) is 0 Å². The molecule has 0 saturated heterocycles. The number of nitrogens with one attached hydrogen (secondary N) is 1. The van der Waals surface area contributed by atoms with Crippen molar-refractivity contribution < 1.29 is 22.3 Å². The maximum Gasteiger partial charge on any atom is 0.264 e. The largest absolute Gasteiger partial charge is 0.489 e. The molecule has 0 aromatic heterocycles. The number of anilines is 1. The van der Waals surface area contributed by atoms with Crippen LogP contribution in [0.2, 0.25) is 5.02 Å². The molecular formula is C28H24ClFN2O4S. The Hall–Kier alpha value is -3.88. The van der Waals surface area contributed by atoms with Crippen molar-refractivity contribution in [3.05, 3.63) is 125 Å². The van der Waals surface area contributed by atoms with Crippen LogP contribution in [0.3, 0.4) is 0 Å². The number of carbonyl (C=O) groups is 1. The molecule has 0 unspecified atom stereocenters. The molecule has 4 rings (SSSR count). The molecule has 0 aliphatic rings. The van der Waals surface area contributed by atoms with Gasteiger partial charge in [0.15, 0.2) is 0 Å². The number of nitrogens with zero attached hydrogens (tertiary/aromatic N) is 1. The number of carbonyl (C=O) groups excluding carboxylic acids is 1. The number of amides is 1. The molecule has 0 fully saturated rings. The smallest absolute Gasteiger partial charge is 0.264 e. The van der Waals surface area contributed by atoms with Gasteiger partial charge in [0, 0.05) is 11.6 Å². The van der Waals surface area contributed by atoms with Crippen LogP contribution in [-0.4, -0.2) is 20.9 Å². The molecule has 4 aromatic carbocycles. The highest BCUT2D eigenvalue weighted by Crippen LogP contribution is 2.26. The highest BCUT2D eigenvalue weighted by Gasteiger charge is 2.27. The molecule has 0 bridgehead atoms. The Labute approximate surface area is 220 Å². The van der Waals surface area contributed by atoms with Crippen LogP contribution in [0.5, 0.6) is 5.75 Å². The van der Waals surface area contributed by atoms with Crippen molar-refractivity contribution in [2.75, 3.05) is 10.8 Å². The lowest BCUT2D eigenvalue weighted by atomic mass is 10.2. The summed E-state index contributed by atoms with van der Waals surface area (Å²) in [7, 11) is -4.01. The molecule has 37 heavy (non-hydrogen) atoms. The fourth-order valence-corrected chi connectivity index (χ4v) is 5.12. The van der Waals surface area contributed by atoms with Crippen molar-refractivity contribution in [3.8, 4) is 5.75 Å². The summed E-state index contributed by atoms with van der Waals surface area (Å²) in [6.45, 7) is 0.0773. The SMILES string of the molecule is O=C(CN(c1cccc(Cl)c1)S(=O)(=O)c1ccccc1)NCc1ccc(OCc2ccc(F)cc2)cc1. The second-order valence-corrected chi connectivity index (χ2v) is 10.4. The Bertz CT molecular complexity index is 1450. The lowest BCUT2D eigenvalue weighted by Gasteiger charge is -2.24. The van der Waals surface area contributed by atoms with Crippen LogP contribution in [-0.2, 0) is 28.0 Å². The highest BCUT2D eigenvalue weighted by molar-refractivity contribution is 7.92. The van der Waals surface area contributed by atoms with Crippen LogP contribution < -0.4 is 14.4 Å². The second kappa shape index (κ2) is 11.9. The summed E-state index contributed by atoms with van der Waals surface area (Å²) in [6, 6.07) is 27.5. The zero-order chi connectivity index (χ0) is 26.3. The summed E-state index contributed by atoms with van der Waals surface area (Å²) in [4.78, 5) is 12.9. The summed E-state index contributed by atoms with van der Waals surface area (Å²) in [5.41, 5.74) is 1.93. The van der Waals surface area contributed by atoms with Gasteiger partial charge >= 0.3 is 0 Å². The molecule has 1 amide bonds. The summed E-state index contributed by atoms with van der Waals surface area (Å²) in [6.07, 6.45) is 0. The van der Waals surface area contributed by atoms with Gasteiger partial charge in [0.25, 0.3) is 10.0 Å². The van der Waals surface area contributed by atoms with Gasteiger partial charge in [-0.1, -0.05) is 60.1 Å². The Morgan fingerprint density at radius 1 is 0.865 bits per heavy atom. The predicted octanol–water partition coefficient (Wildman–Crippen LogP) is 5.57. The van der Waals surface area contributed by atoms with E-state index in [4.69, 9.17) is 16.3 Å². The van der Waals surface area contributed by atoms with Crippen molar-refractivity contribution in [1.29, 1.82) is 0 Å². The zero-order valence-electron chi connectivity index (χ0n) is 19.7. The number of halogens is 2. The van der Waals surface area contributed by atoms with Crippen LogP contribution >= 0.6 is 11.6 Å². The van der Waals surface area contributed by atoms with E-state index in [1.165, 1.54) is 30.3 Å². The minimum Gasteiger partial charge on any atom is -0.489 e. The number of benzene rings is 4. The van der Waals surface area contributed by atoms with Crippen molar-refractivity contribution in [1.82, 2.24) is 5.32 Å². The minimum absolute atomic E-state index is 0.0685. The first kappa shape index (κ1) is 26.2. The minimum atomic E-state index is -4.01. The van der Waals surface area contributed by atoms with Gasteiger partial charge in [-0.15, -0.1) is 0 Å². The molecule has 0 aliphatic heterocycles. The molecule has 0 heterocycles. The van der Waals surface area contributed by atoms with Gasteiger partial charge < -0.3 is 10.1 Å². The average molecular weight is 539 g/mol. The first-order valence-corrected chi connectivity index (χ1v) is 13.2. The van der Waals surface area contributed by atoms with Gasteiger partial charge in [0.2, 0.25) is 5.91 Å². The van der Waals surface area contributed by atoms with E-state index in [9.17, 15) is 17.6 Å². The molecule has 0 saturated carbocycles. The highest BCUT2D eigenvalue weighted by atomic mass is 35.5. The van der Waals surface area contributed by atoms with E-state index in [2.05, 4.69) is 5.32 Å². The Morgan fingerprint density at radius 2 is 1.54 bits per heavy atom. The van der Waals surface area contributed by atoms with E-state index in [0.717, 1.165) is 15.4 Å². The quantitative estimate of drug-likeness (QED) is 0.286. The zero-order valence-corrected chi connectivity index (χ0v) is 21.3. The van der Waals surface area contributed by atoms with E-state index < -0.39 is 22.5 Å². The van der Waals surface area contributed by atoms with E-state index in [1.807, 2.05) is 0 Å². The molecule has 6 nitrogen and oxygen atoms in total. The molecule has 0 spiro atoms. The summed E-state index contributed by atoms with van der Waals surface area (Å²) in [5.74, 6) is -0.153. The summed E-state index contributed by atoms with van der Waals surface area (Å²) < 4.78 is 46.5. The topological polar surface area (TPSA) is 75.7 Å². The van der Waals surface area contributed by atoms with Crippen LogP contribution in [0.1, 0.15) is 11.1 Å². The van der Waals surface area contributed by atoms with E-state index >= 15 is 0 Å². The van der Waals surface area contributed by atoms with Crippen molar-refractivity contribution in [2.24, 2.45) is 0 Å². The van der Waals surface area contributed by atoms with Crippen molar-refractivity contribution >= 4 is 33.2 Å². The van der Waals surface area contributed by atoms with Crippen LogP contribution in [0.25, 0.3) is 0 Å². The number of hydrogen-bond acceptors (Lipinski definition) is 4. The summed E-state index contributed by atoms with van der Waals surface area (Å²) in [5, 5.41) is 3.12. The lowest BCUT2D eigenvalue weighted by molar-refractivity contribution is -0.119. The lowest BCUT2D eigenvalue weighted by Crippen LogP contribution is -2.40. The van der Waals surface area contributed by atoms with Gasteiger partial charge in [0.05, 0.1) is 10.6 Å². The number of rotatable bonds is 10. The maximum atomic E-state index is 13.3. The number of sulfonamides is 1. The summed E-state index contributed by atoms with van der Waals surface area (Å²) >= 11 is 6.09. The van der Waals surface area contributed by atoms with Gasteiger partial charge in [-0.3, -0.25) is 9.10 Å². The third-order valence-electron chi connectivity index (χ3n) is 5.45. The van der Waals surface area contributed by atoms with Crippen LogP contribution in [0, 0.1) is 5.82 Å². The fraction of sp³-hybridized carbons (Fsp3) is 0.107. The molecule has 0 radical (unpaired) electrons. The van der Waals surface area contributed by atoms with Crippen LogP contribution in [0.15, 0.2) is 108 Å². The normalized spacial score (nSPS) is 11.1. The first-order chi connectivity index (χ1) is 17.8. The average Bonchev–Trinajstić information content (AvgIpc) is 2.91.